The summed E-state index contributed by atoms with van der Waals surface area (Å²) in [5, 5.41) is 6.39. The predicted molar refractivity (Wildman–Crippen MR) is 130 cm³/mol. The first-order valence-corrected chi connectivity index (χ1v) is 10.4. The molecule has 1 aromatic carbocycles. The first-order chi connectivity index (χ1) is 14.0. The number of nitrogens with two attached hydrogens (primary N) is 1. The molecule has 4 N–H and O–H groups in total. The van der Waals surface area contributed by atoms with Crippen LogP contribution in [0.3, 0.4) is 0 Å². The maximum Gasteiger partial charge on any atom is 0.321 e. The standard InChI is InChI=1S/C21H32N6O2.HI/c1-23-20(27-11-5-7-17(15-27)13-19(22)28)24-14-16-6-4-8-18(12-16)25-21(29)26-9-2-3-10-26;/h4,6,8,12,17H,2-3,5,7,9-11,13-15H2,1H3,(H2,22,28)(H,23,24)(H,25,29);1H. The number of aliphatic imine (C=N–C) groups is 1. The normalized spacial score (nSPS) is 19.2. The Labute approximate surface area is 195 Å². The topological polar surface area (TPSA) is 103 Å². The minimum Gasteiger partial charge on any atom is -0.370 e. The highest BCUT2D eigenvalue weighted by Gasteiger charge is 2.23. The zero-order valence-corrected chi connectivity index (χ0v) is 19.9. The van der Waals surface area contributed by atoms with Crippen molar-refractivity contribution >= 4 is 47.6 Å². The zero-order chi connectivity index (χ0) is 20.6. The second-order valence-corrected chi connectivity index (χ2v) is 7.85. The summed E-state index contributed by atoms with van der Waals surface area (Å²) in [5.41, 5.74) is 7.23. The highest BCUT2D eigenvalue weighted by atomic mass is 127. The Morgan fingerprint density at radius 3 is 2.60 bits per heavy atom. The highest BCUT2D eigenvalue weighted by Crippen LogP contribution is 2.20. The molecule has 8 nitrogen and oxygen atoms in total. The van der Waals surface area contributed by atoms with Crippen molar-refractivity contribution in [2.45, 2.75) is 38.6 Å². The van der Waals surface area contributed by atoms with E-state index in [9.17, 15) is 9.59 Å². The molecule has 3 rings (SSSR count). The molecular weight excluding hydrogens is 495 g/mol. The summed E-state index contributed by atoms with van der Waals surface area (Å²) in [6.07, 6.45) is 4.62. The monoisotopic (exact) mass is 528 g/mol. The number of nitrogens with zero attached hydrogens (tertiary/aromatic N) is 3. The van der Waals surface area contributed by atoms with Crippen LogP contribution >= 0.6 is 24.0 Å². The average Bonchev–Trinajstić information content (AvgIpc) is 3.24. The van der Waals surface area contributed by atoms with Crippen LogP contribution in [0, 0.1) is 5.92 Å². The Morgan fingerprint density at radius 1 is 1.17 bits per heavy atom. The number of halogens is 1. The van der Waals surface area contributed by atoms with E-state index in [0.717, 1.165) is 69.1 Å². The molecule has 0 spiro atoms. The molecule has 0 aliphatic carbocycles. The molecule has 2 aliphatic rings. The number of anilines is 1. The highest BCUT2D eigenvalue weighted by molar-refractivity contribution is 14.0. The fourth-order valence-corrected chi connectivity index (χ4v) is 4.10. The molecule has 2 saturated heterocycles. The Bertz CT molecular complexity index is 751. The summed E-state index contributed by atoms with van der Waals surface area (Å²) in [5.74, 6) is 0.863. The van der Waals surface area contributed by atoms with Gasteiger partial charge in [-0.05, 0) is 49.3 Å². The minimum absolute atomic E-state index is 0. The summed E-state index contributed by atoms with van der Waals surface area (Å²) < 4.78 is 0. The third-order valence-corrected chi connectivity index (χ3v) is 5.54. The predicted octanol–water partition coefficient (Wildman–Crippen LogP) is 2.60. The van der Waals surface area contributed by atoms with E-state index in [1.165, 1.54) is 0 Å². The quantitative estimate of drug-likeness (QED) is 0.311. The number of rotatable bonds is 5. The third-order valence-electron chi connectivity index (χ3n) is 5.54. The van der Waals surface area contributed by atoms with Crippen molar-refractivity contribution in [2.75, 3.05) is 38.5 Å². The molecule has 2 aliphatic heterocycles. The van der Waals surface area contributed by atoms with Gasteiger partial charge in [-0.15, -0.1) is 24.0 Å². The van der Waals surface area contributed by atoms with Crippen molar-refractivity contribution in [2.24, 2.45) is 16.6 Å². The van der Waals surface area contributed by atoms with Gasteiger partial charge in [0.2, 0.25) is 5.91 Å². The van der Waals surface area contributed by atoms with Gasteiger partial charge in [-0.1, -0.05) is 12.1 Å². The number of carbonyl (C=O) groups excluding carboxylic acids is 2. The van der Waals surface area contributed by atoms with Crippen LogP contribution in [0.5, 0.6) is 0 Å². The van der Waals surface area contributed by atoms with Gasteiger partial charge < -0.3 is 26.2 Å². The summed E-state index contributed by atoms with van der Waals surface area (Å²) in [6.45, 7) is 3.97. The smallest absolute Gasteiger partial charge is 0.321 e. The molecule has 0 bridgehead atoms. The van der Waals surface area contributed by atoms with Crippen LogP contribution in [0.4, 0.5) is 10.5 Å². The molecular formula is C21H33IN6O2. The van der Waals surface area contributed by atoms with Gasteiger partial charge in [-0.25, -0.2) is 4.79 Å². The van der Waals surface area contributed by atoms with Crippen LogP contribution in [0.25, 0.3) is 0 Å². The number of guanidine groups is 1. The third kappa shape index (κ3) is 7.03. The molecule has 0 saturated carbocycles. The first-order valence-electron chi connectivity index (χ1n) is 10.4. The molecule has 166 valence electrons. The number of piperidine rings is 1. The van der Waals surface area contributed by atoms with Crippen LogP contribution in [0.15, 0.2) is 29.3 Å². The Morgan fingerprint density at radius 2 is 1.90 bits per heavy atom. The number of nitrogens with one attached hydrogen (secondary N) is 2. The molecule has 1 unspecified atom stereocenters. The van der Waals surface area contributed by atoms with Crippen LogP contribution < -0.4 is 16.4 Å². The lowest BCUT2D eigenvalue weighted by molar-refractivity contribution is -0.119. The number of likely N-dealkylation sites (tertiary alicyclic amines) is 2. The lowest BCUT2D eigenvalue weighted by Crippen LogP contribution is -2.46. The molecule has 2 fully saturated rings. The van der Waals surface area contributed by atoms with Crippen molar-refractivity contribution in [3.63, 3.8) is 0 Å². The maximum atomic E-state index is 12.3. The van der Waals surface area contributed by atoms with E-state index in [1.807, 2.05) is 29.2 Å². The number of carbonyl (C=O) groups is 2. The fourth-order valence-electron chi connectivity index (χ4n) is 4.10. The SMILES string of the molecule is CN=C(NCc1cccc(NC(=O)N2CCCC2)c1)N1CCCC(CC(N)=O)C1.I. The van der Waals surface area contributed by atoms with Gasteiger partial charge in [0.25, 0.3) is 0 Å². The molecule has 30 heavy (non-hydrogen) atoms. The number of hydrogen-bond donors (Lipinski definition) is 3. The first kappa shape index (κ1) is 24.2. The molecule has 1 aromatic rings. The van der Waals surface area contributed by atoms with Crippen LogP contribution in [0.2, 0.25) is 0 Å². The van der Waals surface area contributed by atoms with E-state index < -0.39 is 0 Å². The van der Waals surface area contributed by atoms with E-state index in [0.29, 0.717) is 13.0 Å². The minimum atomic E-state index is -0.243. The van der Waals surface area contributed by atoms with E-state index in [2.05, 4.69) is 20.5 Å². The van der Waals surface area contributed by atoms with Gasteiger partial charge in [0, 0.05) is 51.9 Å². The summed E-state index contributed by atoms with van der Waals surface area (Å²) in [4.78, 5) is 32.0. The Kier molecular flexibility index (Phi) is 9.67. The molecule has 3 amide bonds. The lowest BCUT2D eigenvalue weighted by atomic mass is 9.95. The maximum absolute atomic E-state index is 12.3. The van der Waals surface area contributed by atoms with Crippen molar-refractivity contribution in [3.8, 4) is 0 Å². The largest absolute Gasteiger partial charge is 0.370 e. The second-order valence-electron chi connectivity index (χ2n) is 7.85. The van der Waals surface area contributed by atoms with Crippen molar-refractivity contribution in [1.82, 2.24) is 15.1 Å². The van der Waals surface area contributed by atoms with E-state index in [1.54, 1.807) is 7.05 Å². The summed E-state index contributed by atoms with van der Waals surface area (Å²) >= 11 is 0. The van der Waals surface area contributed by atoms with Crippen molar-refractivity contribution in [1.29, 1.82) is 0 Å². The van der Waals surface area contributed by atoms with Gasteiger partial charge >= 0.3 is 6.03 Å². The molecule has 0 radical (unpaired) electrons. The van der Waals surface area contributed by atoms with Crippen molar-refractivity contribution in [3.05, 3.63) is 29.8 Å². The number of primary amides is 1. The van der Waals surface area contributed by atoms with Gasteiger partial charge in [0.1, 0.15) is 0 Å². The van der Waals surface area contributed by atoms with Crippen LogP contribution in [-0.2, 0) is 11.3 Å². The zero-order valence-electron chi connectivity index (χ0n) is 17.6. The molecule has 0 aromatic heterocycles. The van der Waals surface area contributed by atoms with Gasteiger partial charge in [0.05, 0.1) is 0 Å². The fraction of sp³-hybridized carbons (Fsp3) is 0.571. The number of hydrogen-bond acceptors (Lipinski definition) is 3. The number of amides is 3. The van der Waals surface area contributed by atoms with Gasteiger partial charge in [-0.2, -0.15) is 0 Å². The number of benzene rings is 1. The van der Waals surface area contributed by atoms with Crippen LogP contribution in [0.1, 0.15) is 37.7 Å². The summed E-state index contributed by atoms with van der Waals surface area (Å²) in [7, 11) is 1.77. The van der Waals surface area contributed by atoms with Gasteiger partial charge in [0.15, 0.2) is 5.96 Å². The van der Waals surface area contributed by atoms with Gasteiger partial charge in [-0.3, -0.25) is 9.79 Å². The Balaban J connectivity index is 0.00000320. The van der Waals surface area contributed by atoms with Crippen molar-refractivity contribution < 1.29 is 9.59 Å². The Hall–Kier alpha value is -2.04. The van der Waals surface area contributed by atoms with E-state index in [4.69, 9.17) is 5.73 Å². The average molecular weight is 528 g/mol. The lowest BCUT2D eigenvalue weighted by Gasteiger charge is -2.34. The molecule has 1 atom stereocenters. The van der Waals surface area contributed by atoms with Crippen LogP contribution in [-0.4, -0.2) is 60.9 Å². The number of urea groups is 1. The molecule has 9 heteroatoms. The molecule has 2 heterocycles. The van der Waals surface area contributed by atoms with E-state index in [-0.39, 0.29) is 41.8 Å². The second kappa shape index (κ2) is 12.0. The van der Waals surface area contributed by atoms with E-state index >= 15 is 0 Å². The summed E-state index contributed by atoms with van der Waals surface area (Å²) in [6, 6.07) is 7.84.